The van der Waals surface area contributed by atoms with E-state index in [1.165, 1.54) is 21.9 Å². The first-order chi connectivity index (χ1) is 27.3. The van der Waals surface area contributed by atoms with Crippen molar-refractivity contribution in [3.8, 4) is 73.4 Å². The van der Waals surface area contributed by atoms with E-state index in [0.717, 1.165) is 50.1 Å². The molecule has 258 valence electrons. The van der Waals surface area contributed by atoms with E-state index >= 15 is 0 Å². The molecule has 5 heteroatoms. The minimum Gasteiger partial charge on any atom is -0.308 e. The molecule has 10 rings (SSSR count). The molecule has 0 radical (unpaired) electrons. The Morgan fingerprint density at radius 3 is 1.45 bits per heavy atom. The van der Waals surface area contributed by atoms with Crippen molar-refractivity contribution in [2.24, 2.45) is 0 Å². The van der Waals surface area contributed by atoms with Crippen LogP contribution in [-0.2, 0) is 0 Å². The number of hydrogen-bond acceptors (Lipinski definition) is 4. The molecule has 0 atom stereocenters. The lowest BCUT2D eigenvalue weighted by atomic mass is 9.92. The summed E-state index contributed by atoms with van der Waals surface area (Å²) in [7, 11) is 0. The van der Waals surface area contributed by atoms with E-state index in [4.69, 9.17) is 15.0 Å². The number of nitrogens with zero attached hydrogens (tertiary/aromatic N) is 5. The molecule has 7 aromatic carbocycles. The van der Waals surface area contributed by atoms with Gasteiger partial charge in [-0.15, -0.1) is 0 Å². The van der Waals surface area contributed by atoms with E-state index in [1.807, 2.05) is 48.5 Å². The van der Waals surface area contributed by atoms with Crippen LogP contribution in [0.4, 0.5) is 0 Å². The number of pyridine rings is 1. The predicted octanol–water partition coefficient (Wildman–Crippen LogP) is 12.4. The average molecular weight is 704 g/mol. The van der Waals surface area contributed by atoms with Crippen LogP contribution in [0, 0.1) is 0 Å². The van der Waals surface area contributed by atoms with Crippen LogP contribution < -0.4 is 0 Å². The van der Waals surface area contributed by atoms with Crippen LogP contribution in [0.15, 0.2) is 200 Å². The van der Waals surface area contributed by atoms with Gasteiger partial charge in [-0.1, -0.05) is 152 Å². The number of hydrogen-bond donors (Lipinski definition) is 0. The summed E-state index contributed by atoms with van der Waals surface area (Å²) in [5.74, 6) is 1.69. The fraction of sp³-hybridized carbons (Fsp3) is 0. The van der Waals surface area contributed by atoms with Gasteiger partial charge in [0.25, 0.3) is 0 Å². The highest BCUT2D eigenvalue weighted by Crippen LogP contribution is 2.44. The van der Waals surface area contributed by atoms with E-state index in [9.17, 15) is 0 Å². The largest absolute Gasteiger partial charge is 0.308 e. The lowest BCUT2D eigenvalue weighted by Crippen LogP contribution is -2.04. The van der Waals surface area contributed by atoms with Crippen LogP contribution in [0.2, 0.25) is 0 Å². The number of para-hydroxylation sites is 1. The van der Waals surface area contributed by atoms with Gasteiger partial charge in [-0.25, -0.2) is 15.0 Å². The summed E-state index contributed by atoms with van der Waals surface area (Å²) in [5.41, 5.74) is 12.5. The third-order valence-electron chi connectivity index (χ3n) is 10.1. The van der Waals surface area contributed by atoms with Crippen molar-refractivity contribution in [3.05, 3.63) is 200 Å². The second kappa shape index (κ2) is 13.8. The molecule has 0 aliphatic carbocycles. The molecule has 0 bridgehead atoms. The summed E-state index contributed by atoms with van der Waals surface area (Å²) < 4.78 is 2.44. The maximum atomic E-state index is 5.14. The van der Waals surface area contributed by atoms with Crippen LogP contribution in [-0.4, -0.2) is 24.5 Å². The summed E-state index contributed by atoms with van der Waals surface area (Å²) in [4.78, 5) is 19.8. The van der Waals surface area contributed by atoms with Gasteiger partial charge in [0.1, 0.15) is 5.69 Å². The second-order valence-corrected chi connectivity index (χ2v) is 13.5. The van der Waals surface area contributed by atoms with E-state index in [0.29, 0.717) is 23.2 Å². The van der Waals surface area contributed by atoms with Crippen LogP contribution >= 0.6 is 0 Å². The molecular formula is C50H33N5. The highest BCUT2D eigenvalue weighted by molar-refractivity contribution is 6.12. The highest BCUT2D eigenvalue weighted by atomic mass is 15.0. The number of fused-ring (bicyclic) bond motifs is 3. The molecule has 5 nitrogen and oxygen atoms in total. The molecule has 55 heavy (non-hydrogen) atoms. The van der Waals surface area contributed by atoms with Crippen LogP contribution in [0.25, 0.3) is 95.2 Å². The fourth-order valence-electron chi connectivity index (χ4n) is 7.53. The molecule has 0 saturated carbocycles. The Labute approximate surface area is 318 Å². The Bertz CT molecular complexity index is 2830. The fourth-order valence-corrected chi connectivity index (χ4v) is 7.53. The third kappa shape index (κ3) is 5.94. The number of benzene rings is 7. The molecule has 3 heterocycles. The molecule has 0 amide bonds. The van der Waals surface area contributed by atoms with Gasteiger partial charge in [0.2, 0.25) is 0 Å². The Balaban J connectivity index is 1.30. The Morgan fingerprint density at radius 2 is 0.836 bits per heavy atom. The normalized spacial score (nSPS) is 11.3. The maximum Gasteiger partial charge on any atom is 0.182 e. The number of rotatable bonds is 7. The minimum atomic E-state index is 0.521. The zero-order valence-corrected chi connectivity index (χ0v) is 29.8. The van der Waals surface area contributed by atoms with Gasteiger partial charge in [0, 0.05) is 39.2 Å². The number of aromatic nitrogens is 5. The highest BCUT2D eigenvalue weighted by Gasteiger charge is 2.23. The van der Waals surface area contributed by atoms with Crippen molar-refractivity contribution in [2.75, 3.05) is 0 Å². The van der Waals surface area contributed by atoms with Crippen molar-refractivity contribution in [1.29, 1.82) is 0 Å². The van der Waals surface area contributed by atoms with E-state index in [1.54, 1.807) is 6.20 Å². The molecule has 0 fully saturated rings. The third-order valence-corrected chi connectivity index (χ3v) is 10.1. The lowest BCUT2D eigenvalue weighted by Gasteiger charge is -2.21. The monoisotopic (exact) mass is 703 g/mol. The first kappa shape index (κ1) is 32.2. The molecule has 0 unspecified atom stereocenters. The summed E-state index contributed by atoms with van der Waals surface area (Å²) in [6.07, 6.45) is 1.77. The van der Waals surface area contributed by atoms with Crippen molar-refractivity contribution in [2.45, 2.75) is 0 Å². The van der Waals surface area contributed by atoms with Crippen molar-refractivity contribution < 1.29 is 0 Å². The van der Waals surface area contributed by atoms with Crippen molar-refractivity contribution >= 4 is 21.8 Å². The quantitative estimate of drug-likeness (QED) is 0.166. The molecule has 0 spiro atoms. The Hall–Kier alpha value is -7.50. The summed E-state index contributed by atoms with van der Waals surface area (Å²) in [5, 5.41) is 2.39. The zero-order valence-electron chi connectivity index (χ0n) is 29.8. The first-order valence-electron chi connectivity index (χ1n) is 18.4. The Kier molecular flexibility index (Phi) is 8.08. The van der Waals surface area contributed by atoms with Gasteiger partial charge in [-0.3, -0.25) is 4.98 Å². The van der Waals surface area contributed by atoms with Gasteiger partial charge in [-0.05, 0) is 64.7 Å². The predicted molar refractivity (Wildman–Crippen MR) is 225 cm³/mol. The topological polar surface area (TPSA) is 56.5 Å². The molecule has 0 aliphatic rings. The van der Waals surface area contributed by atoms with Gasteiger partial charge in [-0.2, -0.15) is 0 Å². The lowest BCUT2D eigenvalue weighted by molar-refractivity contribution is 1.06. The van der Waals surface area contributed by atoms with Gasteiger partial charge in [0.05, 0.1) is 16.7 Å². The molecular weight excluding hydrogens is 671 g/mol. The standard InChI is InChI=1S/C50H33N5/c1-5-17-34(18-6-1)38-28-29-46-43(31-38)40-25-13-14-27-45(40)55(46)47-41(35-19-7-2-8-20-35)32-39(33-42(47)36-21-9-3-10-22-36)49-52-48(37-23-11-4-12-24-37)53-50(54-49)44-26-15-16-30-51-44/h1-33H. The van der Waals surface area contributed by atoms with Crippen molar-refractivity contribution in [3.63, 3.8) is 0 Å². The van der Waals surface area contributed by atoms with Gasteiger partial charge >= 0.3 is 0 Å². The van der Waals surface area contributed by atoms with Crippen LogP contribution in [0.3, 0.4) is 0 Å². The van der Waals surface area contributed by atoms with Gasteiger partial charge in [0.15, 0.2) is 17.5 Å². The maximum absolute atomic E-state index is 5.14. The molecule has 3 aromatic heterocycles. The molecule has 0 aliphatic heterocycles. The summed E-state index contributed by atoms with van der Waals surface area (Å²) in [6, 6.07) is 67.7. The SMILES string of the molecule is c1ccc(-c2ccc3c(c2)c2ccccc2n3-c2c(-c3ccccc3)cc(-c3nc(-c4ccccc4)nc(-c4ccccn4)n3)cc2-c2ccccc2)cc1. The van der Waals surface area contributed by atoms with E-state index < -0.39 is 0 Å². The second-order valence-electron chi connectivity index (χ2n) is 13.5. The summed E-state index contributed by atoms with van der Waals surface area (Å²) in [6.45, 7) is 0. The van der Waals surface area contributed by atoms with Crippen LogP contribution in [0.1, 0.15) is 0 Å². The Morgan fingerprint density at radius 1 is 0.327 bits per heavy atom. The zero-order chi connectivity index (χ0) is 36.6. The van der Waals surface area contributed by atoms with E-state index in [-0.39, 0.29) is 0 Å². The first-order valence-corrected chi connectivity index (χ1v) is 18.4. The van der Waals surface area contributed by atoms with Crippen molar-refractivity contribution in [1.82, 2.24) is 24.5 Å². The smallest absolute Gasteiger partial charge is 0.182 e. The molecule has 10 aromatic rings. The average Bonchev–Trinajstić information content (AvgIpc) is 3.60. The minimum absolute atomic E-state index is 0.521. The van der Waals surface area contributed by atoms with Crippen LogP contribution in [0.5, 0.6) is 0 Å². The molecule has 0 N–H and O–H groups in total. The molecule has 0 saturated heterocycles. The van der Waals surface area contributed by atoms with Gasteiger partial charge < -0.3 is 4.57 Å². The summed E-state index contributed by atoms with van der Waals surface area (Å²) >= 11 is 0. The van der Waals surface area contributed by atoms with E-state index in [2.05, 4.69) is 155 Å².